The molecule has 0 aromatic heterocycles. The minimum atomic E-state index is -3.35. The molecule has 0 aliphatic heterocycles. The van der Waals surface area contributed by atoms with Gasteiger partial charge < -0.3 is 14.2 Å². The van der Waals surface area contributed by atoms with Gasteiger partial charge in [-0.2, -0.15) is 0 Å². The van der Waals surface area contributed by atoms with Gasteiger partial charge in [0.15, 0.2) is 0 Å². The Morgan fingerprint density at radius 2 is 1.58 bits per heavy atom. The minimum absolute atomic E-state index is 0.0850. The molecular formula is C5H11Cl2O4P. The molecule has 4 nitrogen and oxygen atoms in total. The van der Waals surface area contributed by atoms with Crippen LogP contribution in [-0.2, 0) is 13.6 Å². The molecule has 74 valence electrons. The summed E-state index contributed by atoms with van der Waals surface area (Å²) in [5, 5.41) is 8.64. The van der Waals surface area contributed by atoms with Gasteiger partial charge in [0.25, 0.3) is 0 Å². The molecule has 0 saturated heterocycles. The molecule has 0 aliphatic carbocycles. The topological polar surface area (TPSA) is 55.8 Å². The SMILES string of the molecule is O=P(CO)(OCCCl)OCCCl. The van der Waals surface area contributed by atoms with Crippen molar-refractivity contribution in [2.75, 3.05) is 31.3 Å². The van der Waals surface area contributed by atoms with E-state index in [0.717, 1.165) is 0 Å². The van der Waals surface area contributed by atoms with Gasteiger partial charge in [-0.1, -0.05) is 0 Å². The standard InChI is InChI=1S/C5H11Cl2O4P/c6-1-3-10-12(9,5-8)11-4-2-7/h8H,1-5H2. The van der Waals surface area contributed by atoms with E-state index in [4.69, 9.17) is 37.4 Å². The highest BCUT2D eigenvalue weighted by molar-refractivity contribution is 7.53. The summed E-state index contributed by atoms with van der Waals surface area (Å²) in [6.07, 6.45) is -0.652. The van der Waals surface area contributed by atoms with Gasteiger partial charge in [-0.05, 0) is 0 Å². The Balaban J connectivity index is 3.79. The van der Waals surface area contributed by atoms with Crippen LogP contribution >= 0.6 is 30.8 Å². The van der Waals surface area contributed by atoms with E-state index in [1.54, 1.807) is 0 Å². The fraction of sp³-hybridized carbons (Fsp3) is 1.00. The number of aliphatic hydroxyl groups is 1. The average Bonchev–Trinajstić information content (AvgIpc) is 2.11. The zero-order valence-electron chi connectivity index (χ0n) is 6.41. The van der Waals surface area contributed by atoms with E-state index in [0.29, 0.717) is 0 Å². The number of halogens is 2. The molecule has 0 rings (SSSR count). The summed E-state index contributed by atoms with van der Waals surface area (Å²) in [6, 6.07) is 0. The van der Waals surface area contributed by atoms with Crippen molar-refractivity contribution in [3.8, 4) is 0 Å². The molecule has 7 heteroatoms. The average molecular weight is 237 g/mol. The number of rotatable bonds is 7. The Morgan fingerprint density at radius 1 is 1.17 bits per heavy atom. The highest BCUT2D eigenvalue weighted by Crippen LogP contribution is 2.46. The summed E-state index contributed by atoms with van der Waals surface area (Å²) < 4.78 is 20.7. The van der Waals surface area contributed by atoms with Gasteiger partial charge in [0.05, 0.1) is 13.2 Å². The maximum atomic E-state index is 11.3. The predicted octanol–water partition coefficient (Wildman–Crippen LogP) is 1.64. The molecule has 0 heterocycles. The maximum absolute atomic E-state index is 11.3. The van der Waals surface area contributed by atoms with Crippen LogP contribution in [0.3, 0.4) is 0 Å². The molecule has 0 aliphatic rings. The van der Waals surface area contributed by atoms with Crippen molar-refractivity contribution in [1.82, 2.24) is 0 Å². The van der Waals surface area contributed by atoms with Crippen molar-refractivity contribution in [3.63, 3.8) is 0 Å². The van der Waals surface area contributed by atoms with Crippen LogP contribution in [0, 0.1) is 0 Å². The molecule has 12 heavy (non-hydrogen) atoms. The molecule has 1 N–H and O–H groups in total. The third-order valence-electron chi connectivity index (χ3n) is 0.903. The second kappa shape index (κ2) is 7.13. The number of hydrogen-bond acceptors (Lipinski definition) is 4. The number of aliphatic hydroxyl groups excluding tert-OH is 1. The Labute approximate surface area is 81.3 Å². The smallest absolute Gasteiger partial charge is 0.355 e. The number of alkyl halides is 2. The Kier molecular flexibility index (Phi) is 7.54. The summed E-state index contributed by atoms with van der Waals surface area (Å²) >= 11 is 10.6. The van der Waals surface area contributed by atoms with Crippen molar-refractivity contribution in [1.29, 1.82) is 0 Å². The molecule has 0 bridgehead atoms. The lowest BCUT2D eigenvalue weighted by molar-refractivity contribution is 0.193. The highest BCUT2D eigenvalue weighted by atomic mass is 35.5. The van der Waals surface area contributed by atoms with E-state index in [9.17, 15) is 4.57 Å². The molecule has 0 amide bonds. The van der Waals surface area contributed by atoms with Gasteiger partial charge in [-0.25, -0.2) is 0 Å². The second-order valence-electron chi connectivity index (χ2n) is 1.80. The lowest BCUT2D eigenvalue weighted by atomic mass is 10.9. The van der Waals surface area contributed by atoms with Crippen LogP contribution in [0.2, 0.25) is 0 Å². The monoisotopic (exact) mass is 236 g/mol. The molecule has 0 aromatic rings. The van der Waals surface area contributed by atoms with E-state index in [-0.39, 0.29) is 25.0 Å². The summed E-state index contributed by atoms with van der Waals surface area (Å²) in [5.74, 6) is 0.405. The lowest BCUT2D eigenvalue weighted by Crippen LogP contribution is -2.03. The fourth-order valence-corrected chi connectivity index (χ4v) is 1.81. The van der Waals surface area contributed by atoms with Gasteiger partial charge in [0, 0.05) is 11.8 Å². The van der Waals surface area contributed by atoms with E-state index >= 15 is 0 Å². The van der Waals surface area contributed by atoms with E-state index in [1.165, 1.54) is 0 Å². The van der Waals surface area contributed by atoms with Gasteiger partial charge in [-0.15, -0.1) is 23.2 Å². The summed E-state index contributed by atoms with van der Waals surface area (Å²) in [7, 11) is -3.35. The van der Waals surface area contributed by atoms with Gasteiger partial charge >= 0.3 is 7.60 Å². The largest absolute Gasteiger partial charge is 0.384 e. The first-order valence-electron chi connectivity index (χ1n) is 3.29. The predicted molar refractivity (Wildman–Crippen MR) is 48.0 cm³/mol. The van der Waals surface area contributed by atoms with Crippen LogP contribution in [0.5, 0.6) is 0 Å². The molecule has 0 radical (unpaired) electrons. The van der Waals surface area contributed by atoms with E-state index in [1.807, 2.05) is 0 Å². The first kappa shape index (κ1) is 12.7. The molecule has 0 aromatic carbocycles. The quantitative estimate of drug-likeness (QED) is 0.540. The van der Waals surface area contributed by atoms with Gasteiger partial charge in [0.2, 0.25) is 0 Å². The zero-order chi connectivity index (χ0) is 9.45. The molecule has 0 fully saturated rings. The van der Waals surface area contributed by atoms with Crippen LogP contribution in [0.4, 0.5) is 0 Å². The van der Waals surface area contributed by atoms with Crippen LogP contribution in [-0.4, -0.2) is 36.4 Å². The van der Waals surface area contributed by atoms with Gasteiger partial charge in [0.1, 0.15) is 6.35 Å². The summed E-state index contributed by atoms with van der Waals surface area (Å²) in [5.41, 5.74) is 0. The third-order valence-corrected chi connectivity index (χ3v) is 2.71. The Bertz CT molecular complexity index is 142. The summed E-state index contributed by atoms with van der Waals surface area (Å²) in [4.78, 5) is 0. The first-order chi connectivity index (χ1) is 5.68. The van der Waals surface area contributed by atoms with Crippen molar-refractivity contribution in [2.24, 2.45) is 0 Å². The van der Waals surface area contributed by atoms with E-state index in [2.05, 4.69) is 0 Å². The molecular weight excluding hydrogens is 226 g/mol. The lowest BCUT2D eigenvalue weighted by Gasteiger charge is -2.14. The zero-order valence-corrected chi connectivity index (χ0v) is 8.82. The number of hydrogen-bond donors (Lipinski definition) is 1. The normalized spacial score (nSPS) is 11.9. The fourth-order valence-electron chi connectivity index (χ4n) is 0.466. The van der Waals surface area contributed by atoms with E-state index < -0.39 is 13.9 Å². The highest BCUT2D eigenvalue weighted by Gasteiger charge is 2.22. The Morgan fingerprint density at radius 3 is 1.83 bits per heavy atom. The van der Waals surface area contributed by atoms with Crippen molar-refractivity contribution in [3.05, 3.63) is 0 Å². The molecule has 0 unspecified atom stereocenters. The van der Waals surface area contributed by atoms with Gasteiger partial charge in [-0.3, -0.25) is 4.57 Å². The third kappa shape index (κ3) is 5.36. The first-order valence-corrected chi connectivity index (χ1v) is 6.09. The Hall–Kier alpha value is 0.690. The molecule has 0 saturated carbocycles. The van der Waals surface area contributed by atoms with Crippen LogP contribution in [0.25, 0.3) is 0 Å². The maximum Gasteiger partial charge on any atom is 0.355 e. The molecule has 0 spiro atoms. The molecule has 0 atom stereocenters. The van der Waals surface area contributed by atoms with Crippen LogP contribution in [0.1, 0.15) is 0 Å². The summed E-state index contributed by atoms with van der Waals surface area (Å²) in [6.45, 7) is 0.170. The minimum Gasteiger partial charge on any atom is -0.384 e. The second-order valence-corrected chi connectivity index (χ2v) is 4.57. The van der Waals surface area contributed by atoms with Crippen molar-refractivity contribution >= 4 is 30.8 Å². The van der Waals surface area contributed by atoms with Crippen molar-refractivity contribution in [2.45, 2.75) is 0 Å². The van der Waals surface area contributed by atoms with Crippen LogP contribution < -0.4 is 0 Å². The van der Waals surface area contributed by atoms with Crippen LogP contribution in [0.15, 0.2) is 0 Å². The van der Waals surface area contributed by atoms with Crippen molar-refractivity contribution < 1.29 is 18.7 Å².